The first kappa shape index (κ1) is 19.6. The summed E-state index contributed by atoms with van der Waals surface area (Å²) in [7, 11) is 1.19. The first-order valence-corrected chi connectivity index (χ1v) is 8.64. The van der Waals surface area contributed by atoms with E-state index >= 15 is 0 Å². The lowest BCUT2D eigenvalue weighted by molar-refractivity contribution is -0.136. The average Bonchev–Trinajstić information content (AvgIpc) is 2.69. The molecule has 2 aromatic rings. The molecule has 0 atom stereocenters. The number of esters is 1. The van der Waals surface area contributed by atoms with Crippen molar-refractivity contribution in [3.8, 4) is 16.9 Å². The van der Waals surface area contributed by atoms with Crippen LogP contribution in [0.1, 0.15) is 24.3 Å². The van der Waals surface area contributed by atoms with E-state index in [2.05, 4.69) is 10.2 Å². The molecule has 0 radical (unpaired) electrons. The summed E-state index contributed by atoms with van der Waals surface area (Å²) >= 11 is 0. The van der Waals surface area contributed by atoms with Crippen LogP contribution in [0.3, 0.4) is 0 Å². The Kier molecular flexibility index (Phi) is 5.51. The maximum atomic E-state index is 13.0. The van der Waals surface area contributed by atoms with Gasteiger partial charge in [-0.2, -0.15) is 0 Å². The molecule has 0 aliphatic heterocycles. The summed E-state index contributed by atoms with van der Waals surface area (Å²) in [4.78, 5) is 11.5. The fourth-order valence-corrected chi connectivity index (χ4v) is 3.04. The molecule has 0 spiro atoms. The Morgan fingerprint density at radius 3 is 2.07 bits per heavy atom. The predicted octanol–water partition coefficient (Wildman–Crippen LogP) is 3.01. The second kappa shape index (κ2) is 7.85. The molecule has 1 fully saturated rings. The van der Waals surface area contributed by atoms with Gasteiger partial charge in [0, 0.05) is 12.8 Å². The van der Waals surface area contributed by atoms with Gasteiger partial charge >= 0.3 is 5.97 Å². The maximum absolute atomic E-state index is 13.0. The molecule has 2 aromatic carbocycles. The number of benzene rings is 2. The Balaban J connectivity index is 1.70. The lowest BCUT2D eigenvalue weighted by Crippen LogP contribution is -2.33. The van der Waals surface area contributed by atoms with Crippen molar-refractivity contribution in [2.75, 3.05) is 7.11 Å². The number of hydrogen-bond acceptors (Lipinski definition) is 6. The molecule has 28 heavy (non-hydrogen) atoms. The van der Waals surface area contributed by atoms with Crippen LogP contribution in [0.15, 0.2) is 60.1 Å². The normalized spacial score (nSPS) is 16.6. The van der Waals surface area contributed by atoms with Gasteiger partial charge in [-0.15, -0.1) is 0 Å². The van der Waals surface area contributed by atoms with Gasteiger partial charge in [0.05, 0.1) is 7.11 Å². The topological polar surface area (TPSA) is 99.6 Å². The zero-order chi connectivity index (χ0) is 20.3. The summed E-state index contributed by atoms with van der Waals surface area (Å²) < 4.78 is 36.0. The highest BCUT2D eigenvalue weighted by atomic mass is 19.3. The summed E-state index contributed by atoms with van der Waals surface area (Å²) in [6.07, 6.45) is -0.170. The van der Waals surface area contributed by atoms with Crippen molar-refractivity contribution in [3.05, 3.63) is 65.7 Å². The zero-order valence-electron chi connectivity index (χ0n) is 15.2. The third kappa shape index (κ3) is 4.23. The Morgan fingerprint density at radius 2 is 1.61 bits per heavy atom. The van der Waals surface area contributed by atoms with Gasteiger partial charge in [0.1, 0.15) is 5.75 Å². The third-order valence-corrected chi connectivity index (χ3v) is 4.66. The summed E-state index contributed by atoms with van der Waals surface area (Å²) in [5.41, 5.74) is 10.3. The third-order valence-electron chi connectivity index (χ3n) is 4.66. The van der Waals surface area contributed by atoms with Crippen LogP contribution in [0.2, 0.25) is 0 Å². The van der Waals surface area contributed by atoms with Crippen molar-refractivity contribution < 1.29 is 23.0 Å². The molecule has 0 bridgehead atoms. The minimum absolute atomic E-state index is 0.0749. The monoisotopic (exact) mass is 389 g/mol. The van der Waals surface area contributed by atoms with Crippen LogP contribution in [0.5, 0.6) is 5.75 Å². The van der Waals surface area contributed by atoms with Gasteiger partial charge in [0.25, 0.3) is 0 Å². The maximum Gasteiger partial charge on any atom is 0.359 e. The number of halogens is 2. The number of ether oxygens (including phenoxy) is 2. The van der Waals surface area contributed by atoms with E-state index in [4.69, 9.17) is 16.3 Å². The van der Waals surface area contributed by atoms with Crippen LogP contribution < -0.4 is 21.7 Å². The number of carbonyl (C=O) groups excluding carboxylic acids is 1. The van der Waals surface area contributed by atoms with Gasteiger partial charge < -0.3 is 15.2 Å². The molecule has 0 heterocycles. The van der Waals surface area contributed by atoms with E-state index in [1.54, 1.807) is 12.1 Å². The summed E-state index contributed by atoms with van der Waals surface area (Å²) in [6.45, 7) is 0. The average molecular weight is 389 g/mol. The SMILES string of the molecule is COC(=O)/C(N)=C(/NN)Oc1ccc(-c2ccc(C3CC(F)(F)C3)cc2)cc1. The molecular weight excluding hydrogens is 368 g/mol. The number of hydrogen-bond donors (Lipinski definition) is 3. The van der Waals surface area contributed by atoms with E-state index in [0.29, 0.717) is 5.75 Å². The van der Waals surface area contributed by atoms with Crippen LogP contribution in [0.4, 0.5) is 8.78 Å². The number of rotatable bonds is 6. The fourth-order valence-electron chi connectivity index (χ4n) is 3.04. The number of nitrogens with two attached hydrogens (primary N) is 2. The van der Waals surface area contributed by atoms with Crippen molar-refractivity contribution in [3.63, 3.8) is 0 Å². The Morgan fingerprint density at radius 1 is 1.07 bits per heavy atom. The van der Waals surface area contributed by atoms with Crippen molar-refractivity contribution in [1.29, 1.82) is 0 Å². The highest BCUT2D eigenvalue weighted by Crippen LogP contribution is 2.48. The Hall–Kier alpha value is -3.13. The van der Waals surface area contributed by atoms with Crippen molar-refractivity contribution in [1.82, 2.24) is 5.43 Å². The standard InChI is InChI=1S/C20H21F2N3O3/c1-27-19(26)17(23)18(25-24)28-16-8-6-13(7-9-16)12-2-4-14(5-3-12)15-10-20(21,22)11-15/h2-9,15,25H,10-11,23-24H2,1H3/b18-17+. The quantitative estimate of drug-likeness (QED) is 0.231. The number of alkyl halides is 2. The van der Waals surface area contributed by atoms with Gasteiger partial charge in [-0.05, 0) is 34.7 Å². The van der Waals surface area contributed by atoms with Gasteiger partial charge in [0.2, 0.25) is 11.8 Å². The second-order valence-electron chi connectivity index (χ2n) is 6.59. The van der Waals surface area contributed by atoms with Crippen LogP contribution in [0, 0.1) is 0 Å². The second-order valence-corrected chi connectivity index (χ2v) is 6.59. The van der Waals surface area contributed by atoms with E-state index in [1.165, 1.54) is 7.11 Å². The summed E-state index contributed by atoms with van der Waals surface area (Å²) in [5.74, 6) is 2.26. The Bertz CT molecular complexity index is 873. The molecule has 5 N–H and O–H groups in total. The minimum atomic E-state index is -2.53. The van der Waals surface area contributed by atoms with Crippen LogP contribution in [0.25, 0.3) is 11.1 Å². The van der Waals surface area contributed by atoms with E-state index in [9.17, 15) is 13.6 Å². The van der Waals surface area contributed by atoms with Crippen LogP contribution >= 0.6 is 0 Å². The predicted molar refractivity (Wildman–Crippen MR) is 100.0 cm³/mol. The van der Waals surface area contributed by atoms with E-state index in [0.717, 1.165) is 16.7 Å². The molecule has 0 unspecified atom stereocenters. The highest BCUT2D eigenvalue weighted by molar-refractivity contribution is 5.87. The number of methoxy groups -OCH3 is 1. The zero-order valence-corrected chi connectivity index (χ0v) is 15.2. The van der Waals surface area contributed by atoms with Crippen LogP contribution in [-0.2, 0) is 9.53 Å². The van der Waals surface area contributed by atoms with Crippen molar-refractivity contribution >= 4 is 5.97 Å². The summed E-state index contributed by atoms with van der Waals surface area (Å²) in [6, 6.07) is 14.6. The van der Waals surface area contributed by atoms with Crippen molar-refractivity contribution in [2.45, 2.75) is 24.7 Å². The van der Waals surface area contributed by atoms with Gasteiger partial charge in [-0.3, -0.25) is 5.43 Å². The molecule has 148 valence electrons. The molecule has 0 amide bonds. The minimum Gasteiger partial charge on any atom is -0.464 e. The van der Waals surface area contributed by atoms with Gasteiger partial charge in [-0.1, -0.05) is 36.4 Å². The Labute approximate surface area is 161 Å². The molecule has 0 saturated heterocycles. The molecule has 1 aliphatic carbocycles. The van der Waals surface area contributed by atoms with Crippen molar-refractivity contribution in [2.24, 2.45) is 11.6 Å². The molecule has 0 aromatic heterocycles. The first-order valence-electron chi connectivity index (χ1n) is 8.64. The lowest BCUT2D eigenvalue weighted by Gasteiger charge is -2.35. The molecular formula is C20H21F2N3O3. The largest absolute Gasteiger partial charge is 0.464 e. The molecule has 6 nitrogen and oxygen atoms in total. The van der Waals surface area contributed by atoms with Gasteiger partial charge in [-0.25, -0.2) is 19.4 Å². The number of carbonyl (C=O) groups is 1. The highest BCUT2D eigenvalue weighted by Gasteiger charge is 2.45. The number of hydrazine groups is 1. The fraction of sp³-hybridized carbons (Fsp3) is 0.250. The van der Waals surface area contributed by atoms with E-state index in [-0.39, 0.29) is 30.3 Å². The summed E-state index contributed by atoms with van der Waals surface area (Å²) in [5, 5.41) is 0. The lowest BCUT2D eigenvalue weighted by atomic mass is 9.76. The smallest absolute Gasteiger partial charge is 0.359 e. The van der Waals surface area contributed by atoms with E-state index in [1.807, 2.05) is 36.4 Å². The molecule has 1 saturated carbocycles. The molecule has 1 aliphatic rings. The van der Waals surface area contributed by atoms with E-state index < -0.39 is 11.9 Å². The first-order chi connectivity index (χ1) is 13.3. The number of nitrogens with one attached hydrogen (secondary N) is 1. The molecule has 8 heteroatoms. The van der Waals surface area contributed by atoms with Crippen LogP contribution in [-0.4, -0.2) is 19.0 Å². The molecule has 3 rings (SSSR count). The van der Waals surface area contributed by atoms with Gasteiger partial charge in [0.15, 0.2) is 5.70 Å².